The van der Waals surface area contributed by atoms with Crippen molar-refractivity contribution >= 4 is 23.5 Å². The molecule has 1 aliphatic carbocycles. The Hall–Kier alpha value is 0.802. The molecule has 3 rings (SSSR count). The van der Waals surface area contributed by atoms with Crippen LogP contribution in [0.3, 0.4) is 0 Å². The normalized spacial score (nSPS) is 29.5. The molecule has 2 fully saturated rings. The van der Waals surface area contributed by atoms with Crippen LogP contribution in [0.1, 0.15) is 39.5 Å². The van der Waals surface area contributed by atoms with E-state index >= 15 is 0 Å². The van der Waals surface area contributed by atoms with Crippen molar-refractivity contribution in [1.82, 2.24) is 4.98 Å². The van der Waals surface area contributed by atoms with Crippen molar-refractivity contribution in [3.05, 3.63) is 25.8 Å². The summed E-state index contributed by atoms with van der Waals surface area (Å²) < 4.78 is 33.0. The topological polar surface area (TPSA) is 77.2 Å². The maximum Gasteiger partial charge on any atom is 1.00 e. The third-order valence-corrected chi connectivity index (χ3v) is 6.21. The van der Waals surface area contributed by atoms with Crippen LogP contribution in [0, 0.1) is 25.2 Å². The van der Waals surface area contributed by atoms with Crippen LogP contribution in [0.15, 0.2) is 23.4 Å². The molecule has 0 radical (unpaired) electrons. The molecular formula is C19H28CsF2N3O2S. The number of hydrogen-bond donors (Lipinski definition) is 2. The van der Waals surface area contributed by atoms with Gasteiger partial charge in [0.15, 0.2) is 0 Å². The smallest absolute Gasteiger partial charge is 0.365 e. The van der Waals surface area contributed by atoms with Gasteiger partial charge in [-0.05, 0) is 55.7 Å². The van der Waals surface area contributed by atoms with Crippen molar-refractivity contribution in [2.24, 2.45) is 22.9 Å². The number of nitrogens with zero attached hydrogens (tertiary/aromatic N) is 1. The molecule has 1 amide bonds. The molecular weight excluding hydrogens is 505 g/mol. The molecule has 1 aromatic heterocycles. The molecule has 3 N–H and O–H groups in total. The van der Waals surface area contributed by atoms with Gasteiger partial charge in [0.05, 0.1) is 6.10 Å². The number of ether oxygens (including phenoxy) is 1. The Morgan fingerprint density at radius 2 is 2.00 bits per heavy atom. The quantitative estimate of drug-likeness (QED) is 0.451. The van der Waals surface area contributed by atoms with E-state index in [9.17, 15) is 13.6 Å². The van der Waals surface area contributed by atoms with Crippen LogP contribution < -0.4 is 79.3 Å². The van der Waals surface area contributed by atoms with Crippen molar-refractivity contribution in [2.75, 3.05) is 5.32 Å². The maximum absolute atomic E-state index is 13.5. The zero-order valence-corrected chi connectivity index (χ0v) is 24.0. The molecule has 9 heteroatoms. The second-order valence-electron chi connectivity index (χ2n) is 7.38. The number of hydrogen-bond acceptors (Lipinski definition) is 5. The fourth-order valence-corrected chi connectivity index (χ4v) is 4.48. The largest absolute Gasteiger partial charge is 1.00 e. The molecule has 1 aromatic rings. The summed E-state index contributed by atoms with van der Waals surface area (Å²) in [6.07, 6.45) is 1.53. The van der Waals surface area contributed by atoms with Crippen LogP contribution in [-0.4, -0.2) is 29.0 Å². The number of nitrogens with one attached hydrogen (secondary N) is 1. The van der Waals surface area contributed by atoms with E-state index < -0.39 is 12.0 Å². The third kappa shape index (κ3) is 6.40. The van der Waals surface area contributed by atoms with Crippen molar-refractivity contribution in [3.63, 3.8) is 0 Å². The molecule has 2 unspecified atom stereocenters. The number of pyridine rings is 1. The molecule has 2 heterocycles. The first-order valence-corrected chi connectivity index (χ1v) is 9.85. The standard InChI is InChI=1S/C18H25F2N3O2S.CH3.Cs/c1-10-11(2)25-16(15(10)12-3-6-18(19,20)7-4-12)17(24)23-13-5-8-22-14(9-13)26-21;;/h5,8-12,15-16H,3-4,6-7,21H2,1-2H3,(H,22,23,24);1H3;/q;-1;+1/t10?,11-,15?,16-;;/m1../s1. The summed E-state index contributed by atoms with van der Waals surface area (Å²) in [7, 11) is 0. The van der Waals surface area contributed by atoms with E-state index in [1.54, 1.807) is 18.3 Å². The monoisotopic (exact) mass is 533 g/mol. The summed E-state index contributed by atoms with van der Waals surface area (Å²) in [5.74, 6) is -2.63. The summed E-state index contributed by atoms with van der Waals surface area (Å²) in [5.41, 5.74) is 0.600. The summed E-state index contributed by atoms with van der Waals surface area (Å²) in [6.45, 7) is 3.99. The van der Waals surface area contributed by atoms with E-state index in [2.05, 4.69) is 10.3 Å². The third-order valence-electron chi connectivity index (χ3n) is 5.75. The predicted molar refractivity (Wildman–Crippen MR) is 103 cm³/mol. The number of amides is 1. The molecule has 0 bridgehead atoms. The fourth-order valence-electron chi connectivity index (χ4n) is 4.16. The average molecular weight is 533 g/mol. The van der Waals surface area contributed by atoms with Crippen molar-refractivity contribution < 1.29 is 87.2 Å². The fraction of sp³-hybridized carbons (Fsp3) is 0.632. The number of carbonyl (C=O) groups excluding carboxylic acids is 1. The van der Waals surface area contributed by atoms with Gasteiger partial charge in [0.2, 0.25) is 5.92 Å². The average Bonchev–Trinajstić information content (AvgIpc) is 2.91. The molecule has 2 aliphatic rings. The van der Waals surface area contributed by atoms with E-state index in [4.69, 9.17) is 9.88 Å². The number of carbonyl (C=O) groups is 1. The molecule has 1 aliphatic heterocycles. The van der Waals surface area contributed by atoms with Crippen LogP contribution in [0.25, 0.3) is 0 Å². The molecule has 0 spiro atoms. The number of aromatic nitrogens is 1. The maximum atomic E-state index is 13.5. The first kappa shape index (κ1) is 26.8. The Kier molecular flexibility index (Phi) is 11.0. The molecule has 1 saturated heterocycles. The summed E-state index contributed by atoms with van der Waals surface area (Å²) in [4.78, 5) is 16.9. The second-order valence-corrected chi connectivity index (χ2v) is 8.04. The van der Waals surface area contributed by atoms with Gasteiger partial charge in [0.1, 0.15) is 11.1 Å². The van der Waals surface area contributed by atoms with Crippen molar-refractivity contribution in [3.8, 4) is 0 Å². The van der Waals surface area contributed by atoms with Crippen molar-refractivity contribution in [2.45, 2.75) is 62.7 Å². The van der Waals surface area contributed by atoms with Gasteiger partial charge < -0.3 is 17.5 Å². The van der Waals surface area contributed by atoms with E-state index in [0.717, 1.165) is 11.9 Å². The zero-order valence-electron chi connectivity index (χ0n) is 17.0. The van der Waals surface area contributed by atoms with Crippen LogP contribution in [-0.2, 0) is 9.53 Å². The minimum Gasteiger partial charge on any atom is -0.365 e. The van der Waals surface area contributed by atoms with Crippen molar-refractivity contribution in [1.29, 1.82) is 0 Å². The molecule has 28 heavy (non-hydrogen) atoms. The first-order chi connectivity index (χ1) is 12.3. The van der Waals surface area contributed by atoms with Crippen LogP contribution in [0.2, 0.25) is 0 Å². The predicted octanol–water partition coefficient (Wildman–Crippen LogP) is 1.31. The van der Waals surface area contributed by atoms with Gasteiger partial charge in [-0.2, -0.15) is 0 Å². The van der Waals surface area contributed by atoms with Gasteiger partial charge in [-0.15, -0.1) is 0 Å². The Morgan fingerprint density at radius 3 is 2.61 bits per heavy atom. The van der Waals surface area contributed by atoms with Gasteiger partial charge >= 0.3 is 68.9 Å². The van der Waals surface area contributed by atoms with E-state index in [1.165, 1.54) is 0 Å². The van der Waals surface area contributed by atoms with Gasteiger partial charge in [-0.1, -0.05) is 6.92 Å². The SMILES string of the molecule is CC1C(C2CCC(F)(F)CC2)[C@H](C(=O)Nc2ccnc(SN)c2)O[C@@H]1C.[CH3-].[Cs+]. The molecule has 5 nitrogen and oxygen atoms in total. The Balaban J connectivity index is 0.00000196. The second kappa shape index (κ2) is 11.4. The van der Waals surface area contributed by atoms with Gasteiger partial charge in [-0.3, -0.25) is 9.93 Å². The molecule has 0 aromatic carbocycles. The molecule has 152 valence electrons. The minimum atomic E-state index is -2.57. The molecule has 4 atom stereocenters. The van der Waals surface area contributed by atoms with E-state index in [-0.39, 0.29) is 119 Å². The number of nitrogens with two attached hydrogens (primary N) is 1. The first-order valence-electron chi connectivity index (χ1n) is 8.97. The van der Waals surface area contributed by atoms with Crippen LogP contribution >= 0.6 is 11.9 Å². The van der Waals surface area contributed by atoms with Gasteiger partial charge in [0.25, 0.3) is 5.91 Å². The van der Waals surface area contributed by atoms with Gasteiger partial charge in [-0.25, -0.2) is 13.8 Å². The molecule has 1 saturated carbocycles. The zero-order chi connectivity index (χ0) is 18.9. The van der Waals surface area contributed by atoms with E-state index in [1.807, 2.05) is 13.8 Å². The van der Waals surface area contributed by atoms with Crippen LogP contribution in [0.4, 0.5) is 14.5 Å². The van der Waals surface area contributed by atoms with E-state index in [0.29, 0.717) is 23.6 Å². The number of alkyl halides is 2. The Morgan fingerprint density at radius 1 is 1.36 bits per heavy atom. The summed E-state index contributed by atoms with van der Waals surface area (Å²) in [6, 6.07) is 3.39. The number of anilines is 1. The summed E-state index contributed by atoms with van der Waals surface area (Å²) >= 11 is 1.00. The Bertz CT molecular complexity index is 658. The minimum absolute atomic E-state index is 0. The summed E-state index contributed by atoms with van der Waals surface area (Å²) in [5, 5.41) is 8.97. The number of rotatable bonds is 4. The number of halogens is 2. The van der Waals surface area contributed by atoms with Crippen LogP contribution in [0.5, 0.6) is 0 Å². The van der Waals surface area contributed by atoms with Gasteiger partial charge in [0, 0.05) is 30.6 Å². The Labute approximate surface area is 229 Å².